The first-order valence-electron chi connectivity index (χ1n) is 4.07. The van der Waals surface area contributed by atoms with Gasteiger partial charge in [-0.05, 0) is 17.7 Å². The van der Waals surface area contributed by atoms with Gasteiger partial charge in [0.2, 0.25) is 0 Å². The van der Waals surface area contributed by atoms with E-state index in [4.69, 9.17) is 9.47 Å². The van der Waals surface area contributed by atoms with Crippen molar-refractivity contribution in [1.29, 1.82) is 0 Å². The molecule has 0 atom stereocenters. The fraction of sp³-hybridized carbons (Fsp3) is 0.300. The molecule has 0 saturated carbocycles. The Balaban J connectivity index is 2.86. The van der Waals surface area contributed by atoms with Crippen LogP contribution < -0.4 is 9.47 Å². The number of methoxy groups -OCH3 is 2. The summed E-state index contributed by atoms with van der Waals surface area (Å²) in [5.74, 6) is 1.35. The Morgan fingerprint density at radius 1 is 1.14 bits per heavy atom. The SMILES string of the molecule is COc1cc(COC=O)cc(OC)c1. The third kappa shape index (κ3) is 2.65. The summed E-state index contributed by atoms with van der Waals surface area (Å²) in [4.78, 5) is 10.0. The molecule has 0 amide bonds. The molecule has 0 radical (unpaired) electrons. The van der Waals surface area contributed by atoms with Gasteiger partial charge in [0.15, 0.2) is 0 Å². The van der Waals surface area contributed by atoms with Gasteiger partial charge in [0.25, 0.3) is 6.47 Å². The fourth-order valence-corrected chi connectivity index (χ4v) is 1.08. The molecule has 0 aromatic heterocycles. The van der Waals surface area contributed by atoms with Gasteiger partial charge in [-0.2, -0.15) is 0 Å². The highest BCUT2D eigenvalue weighted by Crippen LogP contribution is 2.22. The van der Waals surface area contributed by atoms with Crippen LogP contribution in [0.25, 0.3) is 0 Å². The van der Waals surface area contributed by atoms with Crippen LogP contribution in [0.5, 0.6) is 11.5 Å². The van der Waals surface area contributed by atoms with Crippen LogP contribution >= 0.6 is 0 Å². The predicted octanol–water partition coefficient (Wildman–Crippen LogP) is 1.38. The molecule has 0 aliphatic heterocycles. The van der Waals surface area contributed by atoms with E-state index in [0.717, 1.165) is 5.56 Å². The van der Waals surface area contributed by atoms with Gasteiger partial charge in [0.1, 0.15) is 18.1 Å². The summed E-state index contributed by atoms with van der Waals surface area (Å²) >= 11 is 0. The van der Waals surface area contributed by atoms with Crippen molar-refractivity contribution in [2.24, 2.45) is 0 Å². The van der Waals surface area contributed by atoms with E-state index in [1.54, 1.807) is 32.4 Å². The maximum absolute atomic E-state index is 10.0. The van der Waals surface area contributed by atoms with Gasteiger partial charge in [-0.3, -0.25) is 4.79 Å². The van der Waals surface area contributed by atoms with E-state index in [1.807, 2.05) is 0 Å². The van der Waals surface area contributed by atoms with E-state index >= 15 is 0 Å². The number of ether oxygens (including phenoxy) is 3. The van der Waals surface area contributed by atoms with Crippen LogP contribution in [-0.2, 0) is 16.1 Å². The van der Waals surface area contributed by atoms with Crippen LogP contribution in [0.1, 0.15) is 5.56 Å². The van der Waals surface area contributed by atoms with E-state index < -0.39 is 0 Å². The quantitative estimate of drug-likeness (QED) is 0.667. The van der Waals surface area contributed by atoms with E-state index in [1.165, 1.54) is 0 Å². The second-order valence-electron chi connectivity index (χ2n) is 2.63. The van der Waals surface area contributed by atoms with Gasteiger partial charge >= 0.3 is 0 Å². The molecule has 1 aromatic rings. The maximum atomic E-state index is 10.0. The molecular formula is C10H12O4. The minimum Gasteiger partial charge on any atom is -0.497 e. The summed E-state index contributed by atoms with van der Waals surface area (Å²) < 4.78 is 14.7. The number of hydrogen-bond acceptors (Lipinski definition) is 4. The lowest BCUT2D eigenvalue weighted by molar-refractivity contribution is -0.129. The highest BCUT2D eigenvalue weighted by atomic mass is 16.5. The lowest BCUT2D eigenvalue weighted by atomic mass is 10.2. The highest BCUT2D eigenvalue weighted by Gasteiger charge is 2.01. The van der Waals surface area contributed by atoms with Crippen LogP contribution in [-0.4, -0.2) is 20.7 Å². The van der Waals surface area contributed by atoms with Gasteiger partial charge in [-0.15, -0.1) is 0 Å². The van der Waals surface area contributed by atoms with E-state index in [0.29, 0.717) is 18.0 Å². The van der Waals surface area contributed by atoms with Gasteiger partial charge in [0.05, 0.1) is 14.2 Å². The molecule has 0 aliphatic carbocycles. The van der Waals surface area contributed by atoms with Gasteiger partial charge < -0.3 is 14.2 Å². The van der Waals surface area contributed by atoms with Crippen molar-refractivity contribution >= 4 is 6.47 Å². The second kappa shape index (κ2) is 5.11. The summed E-state index contributed by atoms with van der Waals surface area (Å²) in [6, 6.07) is 5.32. The van der Waals surface area contributed by atoms with Crippen molar-refractivity contribution in [1.82, 2.24) is 0 Å². The highest BCUT2D eigenvalue weighted by molar-refractivity contribution is 5.40. The number of rotatable bonds is 5. The first-order chi connectivity index (χ1) is 6.80. The lowest BCUT2D eigenvalue weighted by Crippen LogP contribution is -1.93. The first-order valence-corrected chi connectivity index (χ1v) is 4.07. The molecule has 4 nitrogen and oxygen atoms in total. The molecule has 0 bridgehead atoms. The summed E-state index contributed by atoms with van der Waals surface area (Å²) in [6.07, 6.45) is 0. The number of benzene rings is 1. The van der Waals surface area contributed by atoms with Crippen LogP contribution in [0, 0.1) is 0 Å². The van der Waals surface area contributed by atoms with Crippen molar-refractivity contribution in [2.45, 2.75) is 6.61 Å². The molecule has 4 heteroatoms. The zero-order valence-electron chi connectivity index (χ0n) is 8.15. The number of carbonyl (C=O) groups excluding carboxylic acids is 1. The summed E-state index contributed by atoms with van der Waals surface area (Å²) in [5, 5.41) is 0. The predicted molar refractivity (Wildman–Crippen MR) is 50.4 cm³/mol. The fourth-order valence-electron chi connectivity index (χ4n) is 1.08. The zero-order chi connectivity index (χ0) is 10.4. The topological polar surface area (TPSA) is 44.8 Å². The van der Waals surface area contributed by atoms with E-state index in [2.05, 4.69) is 4.74 Å². The smallest absolute Gasteiger partial charge is 0.293 e. The van der Waals surface area contributed by atoms with E-state index in [-0.39, 0.29) is 6.61 Å². The van der Waals surface area contributed by atoms with Crippen LogP contribution in [0.4, 0.5) is 0 Å². The Hall–Kier alpha value is -1.71. The minimum absolute atomic E-state index is 0.219. The summed E-state index contributed by atoms with van der Waals surface area (Å²) in [5.41, 5.74) is 0.827. The lowest BCUT2D eigenvalue weighted by Gasteiger charge is -2.07. The molecule has 0 unspecified atom stereocenters. The van der Waals surface area contributed by atoms with Crippen molar-refractivity contribution in [3.8, 4) is 11.5 Å². The molecule has 14 heavy (non-hydrogen) atoms. The number of hydrogen-bond donors (Lipinski definition) is 0. The Kier molecular flexibility index (Phi) is 3.79. The van der Waals surface area contributed by atoms with Crippen LogP contribution in [0.2, 0.25) is 0 Å². The van der Waals surface area contributed by atoms with Gasteiger partial charge in [-0.1, -0.05) is 0 Å². The molecule has 76 valence electrons. The Labute approximate surface area is 82.4 Å². The molecule has 0 aliphatic rings. The third-order valence-corrected chi connectivity index (χ3v) is 1.73. The monoisotopic (exact) mass is 196 g/mol. The van der Waals surface area contributed by atoms with E-state index in [9.17, 15) is 4.79 Å². The molecular weight excluding hydrogens is 184 g/mol. The molecule has 1 aromatic carbocycles. The van der Waals surface area contributed by atoms with Crippen LogP contribution in [0.15, 0.2) is 18.2 Å². The van der Waals surface area contributed by atoms with Crippen molar-refractivity contribution in [2.75, 3.05) is 14.2 Å². The van der Waals surface area contributed by atoms with Crippen molar-refractivity contribution in [3.05, 3.63) is 23.8 Å². The van der Waals surface area contributed by atoms with Crippen molar-refractivity contribution < 1.29 is 19.0 Å². The molecule has 0 fully saturated rings. The molecule has 0 heterocycles. The average Bonchev–Trinajstić information content (AvgIpc) is 2.25. The Morgan fingerprint density at radius 3 is 2.14 bits per heavy atom. The number of carbonyl (C=O) groups is 1. The molecule has 1 rings (SSSR count). The van der Waals surface area contributed by atoms with Crippen LogP contribution in [0.3, 0.4) is 0 Å². The maximum Gasteiger partial charge on any atom is 0.293 e. The standard InChI is InChI=1S/C10H12O4/c1-12-9-3-8(6-14-7-11)4-10(5-9)13-2/h3-5,7H,6H2,1-2H3. The zero-order valence-corrected chi connectivity index (χ0v) is 8.15. The largest absolute Gasteiger partial charge is 0.497 e. The molecule has 0 N–H and O–H groups in total. The molecule has 0 spiro atoms. The Bertz CT molecular complexity index is 287. The minimum atomic E-state index is 0.219. The second-order valence-corrected chi connectivity index (χ2v) is 2.63. The summed E-state index contributed by atoms with van der Waals surface area (Å²) in [6.45, 7) is 0.628. The molecule has 0 saturated heterocycles. The normalized spacial score (nSPS) is 9.29. The third-order valence-electron chi connectivity index (χ3n) is 1.73. The Morgan fingerprint density at radius 2 is 1.71 bits per heavy atom. The van der Waals surface area contributed by atoms with Gasteiger partial charge in [-0.25, -0.2) is 0 Å². The average molecular weight is 196 g/mol. The van der Waals surface area contributed by atoms with Crippen molar-refractivity contribution in [3.63, 3.8) is 0 Å². The summed E-state index contributed by atoms with van der Waals surface area (Å²) in [7, 11) is 3.14. The first kappa shape index (κ1) is 10.4. The van der Waals surface area contributed by atoms with Gasteiger partial charge in [0, 0.05) is 6.07 Å².